The summed E-state index contributed by atoms with van der Waals surface area (Å²) in [6.45, 7) is 0. The van der Waals surface area contributed by atoms with Crippen molar-refractivity contribution in [1.29, 1.82) is 0 Å². The molecule has 7 heteroatoms. The number of oxime groups is 1. The first-order valence-electron chi connectivity index (χ1n) is 5.60. The molecule has 20 heavy (non-hydrogen) atoms. The Morgan fingerprint density at radius 2 is 2.05 bits per heavy atom. The van der Waals surface area contributed by atoms with Gasteiger partial charge < -0.3 is 15.7 Å². The van der Waals surface area contributed by atoms with Gasteiger partial charge in [0, 0.05) is 16.7 Å². The molecule has 1 aromatic carbocycles. The minimum atomic E-state index is -0.0472. The van der Waals surface area contributed by atoms with Crippen LogP contribution in [0.1, 0.15) is 5.56 Å². The number of hydrogen-bond donors (Lipinski definition) is 2. The van der Waals surface area contributed by atoms with Crippen LogP contribution in [0.3, 0.4) is 0 Å². The molecule has 0 radical (unpaired) electrons. The number of nitrogens with zero attached hydrogens (tertiary/aromatic N) is 2. The van der Waals surface area contributed by atoms with Gasteiger partial charge in [-0.25, -0.2) is 4.98 Å². The summed E-state index contributed by atoms with van der Waals surface area (Å²) in [6.07, 6.45) is 1.56. The zero-order valence-electron chi connectivity index (χ0n) is 10.6. The molecular formula is C13H12ClN3O2S. The van der Waals surface area contributed by atoms with E-state index in [-0.39, 0.29) is 5.84 Å². The van der Waals surface area contributed by atoms with E-state index in [0.29, 0.717) is 15.6 Å². The molecule has 0 saturated heterocycles. The van der Waals surface area contributed by atoms with Crippen LogP contribution in [0.2, 0.25) is 5.02 Å². The molecule has 0 aliphatic rings. The zero-order chi connectivity index (χ0) is 14.5. The third-order valence-corrected chi connectivity index (χ3v) is 4.02. The highest BCUT2D eigenvalue weighted by Crippen LogP contribution is 2.33. The Morgan fingerprint density at radius 3 is 2.65 bits per heavy atom. The minimum absolute atomic E-state index is 0.0472. The van der Waals surface area contributed by atoms with E-state index in [1.54, 1.807) is 19.4 Å². The Balaban J connectivity index is 2.29. The summed E-state index contributed by atoms with van der Waals surface area (Å²) in [7, 11) is 1.61. The second-order valence-electron chi connectivity index (χ2n) is 3.74. The zero-order valence-corrected chi connectivity index (χ0v) is 12.1. The summed E-state index contributed by atoms with van der Waals surface area (Å²) in [5, 5.41) is 12.6. The van der Waals surface area contributed by atoms with Crippen LogP contribution in [0, 0.1) is 0 Å². The molecule has 0 spiro atoms. The van der Waals surface area contributed by atoms with Gasteiger partial charge in [0.25, 0.3) is 0 Å². The summed E-state index contributed by atoms with van der Waals surface area (Å²) in [5.41, 5.74) is 6.00. The van der Waals surface area contributed by atoms with Crippen molar-refractivity contribution in [2.24, 2.45) is 10.9 Å². The Kier molecular flexibility index (Phi) is 4.70. The highest BCUT2D eigenvalue weighted by Gasteiger charge is 2.12. The molecule has 5 nitrogen and oxygen atoms in total. The van der Waals surface area contributed by atoms with E-state index in [2.05, 4.69) is 10.1 Å². The van der Waals surface area contributed by atoms with Gasteiger partial charge in [-0.15, -0.1) is 0 Å². The number of hydrogen-bond acceptors (Lipinski definition) is 5. The Labute approximate surface area is 125 Å². The Bertz CT molecular complexity index is 632. The highest BCUT2D eigenvalue weighted by atomic mass is 35.5. The molecule has 2 aromatic rings. The predicted molar refractivity (Wildman–Crippen MR) is 78.9 cm³/mol. The number of ether oxygens (including phenoxy) is 1. The maximum atomic E-state index is 8.71. The molecule has 0 bridgehead atoms. The van der Waals surface area contributed by atoms with E-state index < -0.39 is 0 Å². The van der Waals surface area contributed by atoms with Crippen LogP contribution in [0.15, 0.2) is 51.6 Å². The number of aromatic nitrogens is 1. The van der Waals surface area contributed by atoms with E-state index in [0.717, 1.165) is 10.6 Å². The van der Waals surface area contributed by atoms with Gasteiger partial charge in [0.15, 0.2) is 5.84 Å². The van der Waals surface area contributed by atoms with Crippen LogP contribution < -0.4 is 10.5 Å². The van der Waals surface area contributed by atoms with Crippen LogP contribution in [-0.2, 0) is 0 Å². The van der Waals surface area contributed by atoms with Gasteiger partial charge in [0.1, 0.15) is 10.8 Å². The predicted octanol–water partition coefficient (Wildman–Crippen LogP) is 2.99. The third-order valence-electron chi connectivity index (χ3n) is 2.51. The normalized spacial score (nSPS) is 11.4. The molecule has 0 saturated carbocycles. The van der Waals surface area contributed by atoms with Crippen molar-refractivity contribution < 1.29 is 9.94 Å². The minimum Gasteiger partial charge on any atom is -0.497 e. The smallest absolute Gasteiger partial charge is 0.171 e. The SMILES string of the molecule is COc1ccc(Sc2nccc(/C(N)=N/O)c2Cl)cc1. The monoisotopic (exact) mass is 309 g/mol. The van der Waals surface area contributed by atoms with Gasteiger partial charge >= 0.3 is 0 Å². The van der Waals surface area contributed by atoms with Crippen molar-refractivity contribution in [3.8, 4) is 5.75 Å². The number of halogens is 1. The maximum absolute atomic E-state index is 8.71. The standard InChI is InChI=1S/C13H12ClN3O2S/c1-19-8-2-4-9(5-3-8)20-13-11(14)10(6-7-16-13)12(15)17-18/h2-7,18H,1H3,(H2,15,17). The van der Waals surface area contributed by atoms with Gasteiger partial charge in [-0.3, -0.25) is 0 Å². The molecule has 0 aliphatic carbocycles. The fraction of sp³-hybridized carbons (Fsp3) is 0.0769. The van der Waals surface area contributed by atoms with Gasteiger partial charge in [-0.2, -0.15) is 0 Å². The number of amidine groups is 1. The largest absolute Gasteiger partial charge is 0.497 e. The molecule has 0 fully saturated rings. The van der Waals surface area contributed by atoms with Crippen LogP contribution in [-0.4, -0.2) is 23.1 Å². The van der Waals surface area contributed by atoms with Crippen LogP contribution in [0.4, 0.5) is 0 Å². The summed E-state index contributed by atoms with van der Waals surface area (Å²) < 4.78 is 5.10. The van der Waals surface area contributed by atoms with Crippen molar-refractivity contribution in [2.45, 2.75) is 9.92 Å². The van der Waals surface area contributed by atoms with Gasteiger partial charge in [0.2, 0.25) is 0 Å². The number of methoxy groups -OCH3 is 1. The van der Waals surface area contributed by atoms with Crippen molar-refractivity contribution in [3.63, 3.8) is 0 Å². The average molecular weight is 310 g/mol. The summed E-state index contributed by atoms with van der Waals surface area (Å²) in [5.74, 6) is 0.729. The fourth-order valence-corrected chi connectivity index (χ4v) is 2.64. The quantitative estimate of drug-likeness (QED) is 0.393. The van der Waals surface area contributed by atoms with Gasteiger partial charge in [-0.1, -0.05) is 28.5 Å². The molecule has 1 aromatic heterocycles. The second-order valence-corrected chi connectivity index (χ2v) is 5.18. The molecular weight excluding hydrogens is 298 g/mol. The van der Waals surface area contributed by atoms with Crippen molar-refractivity contribution >= 4 is 29.2 Å². The molecule has 0 atom stereocenters. The molecule has 0 aliphatic heterocycles. The highest BCUT2D eigenvalue weighted by molar-refractivity contribution is 7.99. The van der Waals surface area contributed by atoms with E-state index in [9.17, 15) is 0 Å². The van der Waals surface area contributed by atoms with E-state index >= 15 is 0 Å². The lowest BCUT2D eigenvalue weighted by atomic mass is 10.2. The molecule has 0 amide bonds. The fourth-order valence-electron chi connectivity index (χ4n) is 1.50. The lowest BCUT2D eigenvalue weighted by Crippen LogP contribution is -2.14. The number of rotatable bonds is 4. The average Bonchev–Trinajstić information content (AvgIpc) is 2.49. The number of nitrogens with two attached hydrogens (primary N) is 1. The van der Waals surface area contributed by atoms with Crippen molar-refractivity contribution in [3.05, 3.63) is 47.1 Å². The summed E-state index contributed by atoms with van der Waals surface area (Å²) in [4.78, 5) is 5.16. The van der Waals surface area contributed by atoms with Crippen LogP contribution in [0.5, 0.6) is 5.75 Å². The van der Waals surface area contributed by atoms with Gasteiger partial charge in [-0.05, 0) is 30.3 Å². The summed E-state index contributed by atoms with van der Waals surface area (Å²) in [6, 6.07) is 9.10. The summed E-state index contributed by atoms with van der Waals surface area (Å²) >= 11 is 7.60. The first-order chi connectivity index (χ1) is 9.65. The molecule has 104 valence electrons. The lowest BCUT2D eigenvalue weighted by molar-refractivity contribution is 0.318. The van der Waals surface area contributed by atoms with Crippen molar-refractivity contribution in [2.75, 3.05) is 7.11 Å². The van der Waals surface area contributed by atoms with Crippen LogP contribution >= 0.6 is 23.4 Å². The Morgan fingerprint density at radius 1 is 1.35 bits per heavy atom. The van der Waals surface area contributed by atoms with E-state index in [4.69, 9.17) is 27.3 Å². The molecule has 3 N–H and O–H groups in total. The second kappa shape index (κ2) is 6.49. The number of benzene rings is 1. The molecule has 1 heterocycles. The van der Waals surface area contributed by atoms with E-state index in [1.165, 1.54) is 11.8 Å². The molecule has 2 rings (SSSR count). The topological polar surface area (TPSA) is 80.7 Å². The van der Waals surface area contributed by atoms with Gasteiger partial charge in [0.05, 0.1) is 12.1 Å². The lowest BCUT2D eigenvalue weighted by Gasteiger charge is -2.07. The third kappa shape index (κ3) is 3.15. The first-order valence-corrected chi connectivity index (χ1v) is 6.79. The maximum Gasteiger partial charge on any atom is 0.171 e. The number of pyridine rings is 1. The van der Waals surface area contributed by atoms with Crippen LogP contribution in [0.25, 0.3) is 0 Å². The Hall–Kier alpha value is -1.92. The first kappa shape index (κ1) is 14.5. The van der Waals surface area contributed by atoms with Crippen molar-refractivity contribution in [1.82, 2.24) is 4.98 Å². The van der Waals surface area contributed by atoms with E-state index in [1.807, 2.05) is 24.3 Å². The molecule has 0 unspecified atom stereocenters.